The summed E-state index contributed by atoms with van der Waals surface area (Å²) in [6.45, 7) is 10.3. The van der Waals surface area contributed by atoms with Gasteiger partial charge in [0.25, 0.3) is 0 Å². The summed E-state index contributed by atoms with van der Waals surface area (Å²) in [6, 6.07) is 0.465. The Morgan fingerprint density at radius 2 is 1.88 bits per heavy atom. The average molecular weight is 574 g/mol. The Morgan fingerprint density at radius 1 is 1.07 bits per heavy atom. The normalized spacial score (nSPS) is 54.8. The number of aliphatic hydroxyl groups excluding tert-OH is 4. The van der Waals surface area contributed by atoms with Gasteiger partial charge >= 0.3 is 0 Å². The van der Waals surface area contributed by atoms with Gasteiger partial charge in [0.2, 0.25) is 0 Å². The van der Waals surface area contributed by atoms with E-state index in [9.17, 15) is 20.4 Å². The van der Waals surface area contributed by atoms with Crippen LogP contribution >= 0.6 is 0 Å². The maximum atomic E-state index is 10.5. The Kier molecular flexibility index (Phi) is 7.31. The second kappa shape index (κ2) is 10.4. The van der Waals surface area contributed by atoms with Crippen molar-refractivity contribution >= 4 is 0 Å². The first kappa shape index (κ1) is 28.9. The SMILES string of the molecule is CC1=C2C[C@H]3[C@@H](CC=C4C[C@@H](OC5OC(CO)C(O)C(O)C5O)CC[C@@]43C)[C@@H]2CCC12O[C@@H]1C[C@H](C)CN[C@H]1[C@H]2C. The Balaban J connectivity index is 1.08. The van der Waals surface area contributed by atoms with Crippen molar-refractivity contribution in [1.29, 1.82) is 0 Å². The van der Waals surface area contributed by atoms with E-state index in [4.69, 9.17) is 14.2 Å². The van der Waals surface area contributed by atoms with Gasteiger partial charge in [-0.15, -0.1) is 0 Å². The van der Waals surface area contributed by atoms with Gasteiger partial charge in [0.05, 0.1) is 24.4 Å². The lowest BCUT2D eigenvalue weighted by molar-refractivity contribution is -0.313. The van der Waals surface area contributed by atoms with E-state index in [1.54, 1.807) is 11.1 Å². The molecule has 5 N–H and O–H groups in total. The van der Waals surface area contributed by atoms with Gasteiger partial charge in [-0.25, -0.2) is 0 Å². The van der Waals surface area contributed by atoms with Crippen molar-refractivity contribution in [3.63, 3.8) is 0 Å². The van der Waals surface area contributed by atoms with Crippen molar-refractivity contribution in [3.8, 4) is 0 Å². The third-order valence-corrected chi connectivity index (χ3v) is 13.0. The van der Waals surface area contributed by atoms with Gasteiger partial charge in [-0.3, -0.25) is 0 Å². The standard InChI is InChI=1S/C33H51NO7/c1-16-11-25-27(34-14-16)18(3)33(41-25)10-8-21-22-6-5-19-12-20(7-9-32(19,4)24(22)13-23(21)17(33)2)39-31-30(38)29(37)28(36)26(15-35)40-31/h5,16,18,20-22,24-31,34-38H,6-15H2,1-4H3/t16-,18+,20-,21-,22-,24-,25+,26?,27-,28?,29?,30?,31?,32-,33?/m0/s1. The minimum absolute atomic E-state index is 0.111. The third-order valence-electron chi connectivity index (χ3n) is 13.0. The van der Waals surface area contributed by atoms with Crippen molar-refractivity contribution in [2.45, 2.75) is 134 Å². The molecule has 3 heterocycles. The highest BCUT2D eigenvalue weighted by molar-refractivity contribution is 5.38. The Labute approximate surface area is 244 Å². The lowest BCUT2D eigenvalue weighted by atomic mass is 9.56. The molecule has 15 atom stereocenters. The van der Waals surface area contributed by atoms with Crippen molar-refractivity contribution < 1.29 is 34.6 Å². The molecular formula is C33H51NO7. The van der Waals surface area contributed by atoms with Crippen molar-refractivity contribution in [2.75, 3.05) is 13.2 Å². The van der Waals surface area contributed by atoms with E-state index in [1.165, 1.54) is 24.8 Å². The maximum absolute atomic E-state index is 10.5. The molecule has 3 aliphatic heterocycles. The van der Waals surface area contributed by atoms with Gasteiger partial charge in [0.15, 0.2) is 6.29 Å². The van der Waals surface area contributed by atoms with Crippen LogP contribution in [0.25, 0.3) is 0 Å². The number of nitrogens with one attached hydrogen (secondary N) is 1. The molecule has 0 amide bonds. The number of allylic oxidation sites excluding steroid dienone is 2. The molecule has 4 aliphatic carbocycles. The number of hydrogen-bond acceptors (Lipinski definition) is 8. The second-order valence-electron chi connectivity index (χ2n) is 15.0. The first-order valence-electron chi connectivity index (χ1n) is 16.3. The monoisotopic (exact) mass is 573 g/mol. The first-order chi connectivity index (χ1) is 19.6. The quantitative estimate of drug-likeness (QED) is 0.327. The number of rotatable bonds is 3. The van der Waals surface area contributed by atoms with E-state index in [-0.39, 0.29) is 17.1 Å². The Morgan fingerprint density at radius 3 is 2.66 bits per heavy atom. The summed E-state index contributed by atoms with van der Waals surface area (Å²) < 4.78 is 19.0. The molecule has 2 saturated carbocycles. The van der Waals surface area contributed by atoms with Crippen molar-refractivity contribution in [3.05, 3.63) is 22.8 Å². The van der Waals surface area contributed by atoms with E-state index in [0.29, 0.717) is 41.7 Å². The van der Waals surface area contributed by atoms with Crippen LogP contribution in [0.2, 0.25) is 0 Å². The summed E-state index contributed by atoms with van der Waals surface area (Å²) in [6.07, 6.45) is 5.01. The van der Waals surface area contributed by atoms with Crippen LogP contribution in [0.15, 0.2) is 22.8 Å². The average Bonchev–Trinajstić information content (AvgIpc) is 3.48. The second-order valence-corrected chi connectivity index (χ2v) is 15.0. The van der Waals surface area contributed by atoms with Crippen LogP contribution in [0.4, 0.5) is 0 Å². The molecule has 41 heavy (non-hydrogen) atoms. The molecule has 1 spiro atoms. The van der Waals surface area contributed by atoms with Crippen LogP contribution in [-0.2, 0) is 14.2 Å². The number of piperidine rings is 1. The van der Waals surface area contributed by atoms with Gasteiger partial charge < -0.3 is 40.0 Å². The summed E-state index contributed by atoms with van der Waals surface area (Å²) in [4.78, 5) is 0. The molecule has 0 aromatic heterocycles. The van der Waals surface area contributed by atoms with E-state index in [0.717, 1.165) is 38.6 Å². The molecule has 3 saturated heterocycles. The molecule has 6 unspecified atom stereocenters. The summed E-state index contributed by atoms with van der Waals surface area (Å²) in [5.41, 5.74) is 4.72. The number of fused-ring (bicyclic) bond motifs is 6. The number of ether oxygens (including phenoxy) is 3. The molecule has 7 rings (SSSR count). The van der Waals surface area contributed by atoms with Crippen LogP contribution in [0.1, 0.15) is 79.1 Å². The van der Waals surface area contributed by atoms with Crippen LogP contribution in [0, 0.1) is 35.0 Å². The smallest absolute Gasteiger partial charge is 0.186 e. The lowest BCUT2D eigenvalue weighted by Gasteiger charge is -2.50. The van der Waals surface area contributed by atoms with E-state index < -0.39 is 37.3 Å². The Bertz CT molecular complexity index is 1090. The summed E-state index contributed by atoms with van der Waals surface area (Å²) >= 11 is 0. The topological polar surface area (TPSA) is 121 Å². The maximum Gasteiger partial charge on any atom is 0.186 e. The molecule has 8 heteroatoms. The fraction of sp³-hybridized carbons (Fsp3) is 0.879. The molecule has 0 aromatic carbocycles. The van der Waals surface area contributed by atoms with E-state index in [2.05, 4.69) is 39.1 Å². The fourth-order valence-corrected chi connectivity index (χ4v) is 10.6. The predicted octanol–water partition coefficient (Wildman–Crippen LogP) is 2.83. The van der Waals surface area contributed by atoms with Crippen LogP contribution in [0.5, 0.6) is 0 Å². The van der Waals surface area contributed by atoms with Crippen LogP contribution in [-0.4, -0.2) is 88.1 Å². The van der Waals surface area contributed by atoms with Gasteiger partial charge in [-0.05, 0) is 99.5 Å². The molecule has 0 aromatic rings. The lowest BCUT2D eigenvalue weighted by Crippen LogP contribution is -2.59. The van der Waals surface area contributed by atoms with Gasteiger partial charge in [-0.1, -0.05) is 38.0 Å². The zero-order valence-corrected chi connectivity index (χ0v) is 25.2. The van der Waals surface area contributed by atoms with Crippen molar-refractivity contribution in [2.24, 2.45) is 35.0 Å². The minimum Gasteiger partial charge on any atom is -0.394 e. The fourth-order valence-electron chi connectivity index (χ4n) is 10.6. The van der Waals surface area contributed by atoms with E-state index in [1.807, 2.05) is 0 Å². The summed E-state index contributed by atoms with van der Waals surface area (Å²) in [5.74, 6) is 3.13. The Hall–Kier alpha value is -0.840. The van der Waals surface area contributed by atoms with Gasteiger partial charge in [0, 0.05) is 12.0 Å². The molecular weight excluding hydrogens is 522 g/mol. The molecule has 0 bridgehead atoms. The third kappa shape index (κ3) is 4.30. The van der Waals surface area contributed by atoms with E-state index >= 15 is 0 Å². The van der Waals surface area contributed by atoms with Gasteiger partial charge in [-0.2, -0.15) is 0 Å². The highest BCUT2D eigenvalue weighted by atomic mass is 16.7. The van der Waals surface area contributed by atoms with Crippen molar-refractivity contribution in [1.82, 2.24) is 5.32 Å². The van der Waals surface area contributed by atoms with Crippen LogP contribution in [0.3, 0.4) is 0 Å². The largest absolute Gasteiger partial charge is 0.394 e. The predicted molar refractivity (Wildman–Crippen MR) is 153 cm³/mol. The zero-order chi connectivity index (χ0) is 28.8. The van der Waals surface area contributed by atoms with Gasteiger partial charge in [0.1, 0.15) is 24.4 Å². The molecule has 5 fully saturated rings. The zero-order valence-electron chi connectivity index (χ0n) is 25.2. The molecule has 8 nitrogen and oxygen atoms in total. The molecule has 230 valence electrons. The highest BCUT2D eigenvalue weighted by Gasteiger charge is 2.60. The first-order valence-corrected chi connectivity index (χ1v) is 16.3. The molecule has 0 radical (unpaired) electrons. The molecule has 7 aliphatic rings. The minimum atomic E-state index is -1.41. The summed E-state index contributed by atoms with van der Waals surface area (Å²) in [5, 5.41) is 44.3. The van der Waals surface area contributed by atoms with Crippen LogP contribution < -0.4 is 5.32 Å². The number of hydrogen-bond donors (Lipinski definition) is 5. The summed E-state index contributed by atoms with van der Waals surface area (Å²) in [7, 11) is 0. The highest BCUT2D eigenvalue weighted by Crippen LogP contribution is 2.65. The number of aliphatic hydroxyl groups is 4.